The molecule has 1 N–H and O–H groups in total. The van der Waals surface area contributed by atoms with Crippen LogP contribution in [0, 0.1) is 11.8 Å². The van der Waals surface area contributed by atoms with Crippen molar-refractivity contribution in [1.82, 2.24) is 10.2 Å². The molecule has 0 aromatic carbocycles. The lowest BCUT2D eigenvalue weighted by Crippen LogP contribution is -2.43. The van der Waals surface area contributed by atoms with Gasteiger partial charge in [-0.05, 0) is 44.7 Å². The van der Waals surface area contributed by atoms with Gasteiger partial charge >= 0.3 is 0 Å². The summed E-state index contributed by atoms with van der Waals surface area (Å²) in [5, 5.41) is 3.07. The maximum absolute atomic E-state index is 12.1. The summed E-state index contributed by atoms with van der Waals surface area (Å²) in [5.74, 6) is 1.16. The number of carbonyl (C=O) groups excluding carboxylic acids is 1. The lowest BCUT2D eigenvalue weighted by molar-refractivity contribution is -0.127. The van der Waals surface area contributed by atoms with Crippen molar-refractivity contribution in [3.63, 3.8) is 0 Å². The van der Waals surface area contributed by atoms with Gasteiger partial charge in [-0.15, -0.1) is 0 Å². The molecular formula is C15H28N2O2. The number of nitrogens with zero attached hydrogens (tertiary/aromatic N) is 1. The highest BCUT2D eigenvalue weighted by Gasteiger charge is 2.26. The number of hydrogen-bond acceptors (Lipinski definition) is 3. The van der Waals surface area contributed by atoms with E-state index in [1.807, 2.05) is 0 Å². The van der Waals surface area contributed by atoms with Crippen LogP contribution in [0.25, 0.3) is 0 Å². The normalized spacial score (nSPS) is 25.9. The van der Waals surface area contributed by atoms with E-state index < -0.39 is 0 Å². The average Bonchev–Trinajstić information content (AvgIpc) is 2.89. The van der Waals surface area contributed by atoms with Gasteiger partial charge in [0, 0.05) is 25.6 Å². The number of piperidine rings is 1. The number of nitrogens with one attached hydrogen (secondary N) is 1. The molecule has 0 unspecified atom stereocenters. The molecule has 2 saturated heterocycles. The molecule has 110 valence electrons. The molecule has 2 rings (SSSR count). The molecule has 2 fully saturated rings. The topological polar surface area (TPSA) is 41.6 Å². The van der Waals surface area contributed by atoms with Crippen LogP contribution >= 0.6 is 0 Å². The summed E-state index contributed by atoms with van der Waals surface area (Å²) >= 11 is 0. The van der Waals surface area contributed by atoms with Crippen molar-refractivity contribution in [1.29, 1.82) is 0 Å². The molecule has 0 radical (unpaired) electrons. The van der Waals surface area contributed by atoms with E-state index in [0.29, 0.717) is 12.5 Å². The van der Waals surface area contributed by atoms with Crippen LogP contribution in [0.4, 0.5) is 0 Å². The zero-order valence-electron chi connectivity index (χ0n) is 12.4. The van der Waals surface area contributed by atoms with Crippen LogP contribution in [0.1, 0.15) is 39.5 Å². The number of amides is 1. The number of likely N-dealkylation sites (tertiary alicyclic amines) is 1. The predicted molar refractivity (Wildman–Crippen MR) is 76.0 cm³/mol. The van der Waals surface area contributed by atoms with Crippen molar-refractivity contribution >= 4 is 5.91 Å². The fourth-order valence-corrected chi connectivity index (χ4v) is 3.06. The van der Waals surface area contributed by atoms with Gasteiger partial charge in [0.1, 0.15) is 0 Å². The third kappa shape index (κ3) is 4.77. The molecule has 2 aliphatic rings. The second-order valence-electron chi connectivity index (χ2n) is 6.35. The molecule has 0 spiro atoms. The second kappa shape index (κ2) is 7.25. The highest BCUT2D eigenvalue weighted by molar-refractivity contribution is 5.78. The molecule has 0 aromatic rings. The maximum atomic E-state index is 12.1. The Kier molecular flexibility index (Phi) is 5.64. The van der Waals surface area contributed by atoms with Crippen LogP contribution < -0.4 is 5.32 Å². The first-order chi connectivity index (χ1) is 9.15. The summed E-state index contributed by atoms with van der Waals surface area (Å²) in [6.07, 6.45) is 4.49. The Morgan fingerprint density at radius 3 is 2.63 bits per heavy atom. The minimum atomic E-state index is 0.213. The fourth-order valence-electron chi connectivity index (χ4n) is 3.06. The smallest absolute Gasteiger partial charge is 0.223 e. The van der Waals surface area contributed by atoms with Gasteiger partial charge < -0.3 is 15.0 Å². The Balaban J connectivity index is 1.64. The van der Waals surface area contributed by atoms with Crippen molar-refractivity contribution in [2.24, 2.45) is 11.8 Å². The first-order valence-corrected chi connectivity index (χ1v) is 7.77. The Bertz CT molecular complexity index is 280. The summed E-state index contributed by atoms with van der Waals surface area (Å²) in [4.78, 5) is 14.6. The van der Waals surface area contributed by atoms with Crippen molar-refractivity contribution in [2.75, 3.05) is 32.8 Å². The Morgan fingerprint density at radius 1 is 1.32 bits per heavy atom. The van der Waals surface area contributed by atoms with Gasteiger partial charge in [-0.1, -0.05) is 13.8 Å². The largest absolute Gasteiger partial charge is 0.376 e. The van der Waals surface area contributed by atoms with E-state index in [9.17, 15) is 4.79 Å². The Morgan fingerprint density at radius 2 is 2.05 bits per heavy atom. The van der Waals surface area contributed by atoms with E-state index in [-0.39, 0.29) is 17.9 Å². The van der Waals surface area contributed by atoms with Crippen molar-refractivity contribution in [2.45, 2.75) is 45.6 Å². The van der Waals surface area contributed by atoms with E-state index in [1.165, 1.54) is 0 Å². The van der Waals surface area contributed by atoms with Gasteiger partial charge in [-0.3, -0.25) is 4.79 Å². The van der Waals surface area contributed by atoms with Gasteiger partial charge in [0.25, 0.3) is 0 Å². The summed E-state index contributed by atoms with van der Waals surface area (Å²) in [6.45, 7) is 9.34. The molecular weight excluding hydrogens is 240 g/mol. The quantitative estimate of drug-likeness (QED) is 0.824. The highest BCUT2D eigenvalue weighted by Crippen LogP contribution is 2.18. The van der Waals surface area contributed by atoms with Crippen molar-refractivity contribution in [3.8, 4) is 0 Å². The maximum Gasteiger partial charge on any atom is 0.223 e. The molecule has 2 aliphatic heterocycles. The molecule has 19 heavy (non-hydrogen) atoms. The van der Waals surface area contributed by atoms with Crippen LogP contribution in [-0.2, 0) is 9.53 Å². The summed E-state index contributed by atoms with van der Waals surface area (Å²) in [6, 6.07) is 0. The van der Waals surface area contributed by atoms with Crippen LogP contribution in [0.3, 0.4) is 0 Å². The number of ether oxygens (including phenoxy) is 1. The third-order valence-corrected chi connectivity index (χ3v) is 4.11. The van der Waals surface area contributed by atoms with E-state index in [1.54, 1.807) is 0 Å². The van der Waals surface area contributed by atoms with Crippen LogP contribution in [0.15, 0.2) is 0 Å². The number of rotatable bonds is 5. The van der Waals surface area contributed by atoms with E-state index in [0.717, 1.165) is 51.9 Å². The standard InChI is InChI=1S/C15H28N2O2/c1-12(2)11-17-7-5-13(6-8-17)15(18)16-10-14-4-3-9-19-14/h12-14H,3-11H2,1-2H3,(H,16,18)/t14-/m1/s1. The fraction of sp³-hybridized carbons (Fsp3) is 0.933. The molecule has 0 aliphatic carbocycles. The Hall–Kier alpha value is -0.610. The molecule has 0 aromatic heterocycles. The SMILES string of the molecule is CC(C)CN1CCC(C(=O)NC[C@H]2CCCO2)CC1. The minimum absolute atomic E-state index is 0.213. The molecule has 4 nitrogen and oxygen atoms in total. The first kappa shape index (κ1) is 14.8. The molecule has 0 saturated carbocycles. The van der Waals surface area contributed by atoms with Gasteiger partial charge in [-0.25, -0.2) is 0 Å². The third-order valence-electron chi connectivity index (χ3n) is 4.11. The van der Waals surface area contributed by atoms with Gasteiger partial charge in [0.15, 0.2) is 0 Å². The predicted octanol–water partition coefficient (Wildman–Crippen LogP) is 1.65. The zero-order chi connectivity index (χ0) is 13.7. The highest BCUT2D eigenvalue weighted by atomic mass is 16.5. The molecule has 1 atom stereocenters. The lowest BCUT2D eigenvalue weighted by atomic mass is 9.95. The minimum Gasteiger partial charge on any atom is -0.376 e. The van der Waals surface area contributed by atoms with Gasteiger partial charge in [-0.2, -0.15) is 0 Å². The first-order valence-electron chi connectivity index (χ1n) is 7.77. The molecule has 2 heterocycles. The van der Waals surface area contributed by atoms with Crippen molar-refractivity contribution < 1.29 is 9.53 Å². The summed E-state index contributed by atoms with van der Waals surface area (Å²) in [7, 11) is 0. The Labute approximate surface area is 116 Å². The summed E-state index contributed by atoms with van der Waals surface area (Å²) < 4.78 is 5.53. The lowest BCUT2D eigenvalue weighted by Gasteiger charge is -2.32. The van der Waals surface area contributed by atoms with Crippen LogP contribution in [0.2, 0.25) is 0 Å². The number of hydrogen-bond donors (Lipinski definition) is 1. The molecule has 0 bridgehead atoms. The van der Waals surface area contributed by atoms with E-state index >= 15 is 0 Å². The van der Waals surface area contributed by atoms with Crippen molar-refractivity contribution in [3.05, 3.63) is 0 Å². The second-order valence-corrected chi connectivity index (χ2v) is 6.35. The molecule has 1 amide bonds. The zero-order valence-corrected chi connectivity index (χ0v) is 12.4. The van der Waals surface area contributed by atoms with Crippen LogP contribution in [0.5, 0.6) is 0 Å². The van der Waals surface area contributed by atoms with Crippen LogP contribution in [-0.4, -0.2) is 49.7 Å². The van der Waals surface area contributed by atoms with Gasteiger partial charge in [0.2, 0.25) is 5.91 Å². The summed E-state index contributed by atoms with van der Waals surface area (Å²) in [5.41, 5.74) is 0. The van der Waals surface area contributed by atoms with E-state index in [2.05, 4.69) is 24.1 Å². The average molecular weight is 268 g/mol. The number of carbonyl (C=O) groups is 1. The van der Waals surface area contributed by atoms with E-state index in [4.69, 9.17) is 4.74 Å². The van der Waals surface area contributed by atoms with Gasteiger partial charge in [0.05, 0.1) is 6.10 Å². The molecule has 4 heteroatoms. The monoisotopic (exact) mass is 268 g/mol.